The molecule has 1 aliphatic heterocycles. The molecule has 1 aromatic heterocycles. The van der Waals surface area contributed by atoms with E-state index in [4.69, 9.17) is 9.15 Å². The summed E-state index contributed by atoms with van der Waals surface area (Å²) in [5.41, 5.74) is 0.848. The van der Waals surface area contributed by atoms with Crippen molar-refractivity contribution in [1.29, 1.82) is 0 Å². The van der Waals surface area contributed by atoms with E-state index in [0.717, 1.165) is 37.5 Å². The van der Waals surface area contributed by atoms with E-state index in [1.165, 1.54) is 18.6 Å². The Morgan fingerprint density at radius 2 is 2.21 bits per heavy atom. The van der Waals surface area contributed by atoms with Crippen molar-refractivity contribution in [2.24, 2.45) is 5.92 Å². The molecule has 0 aliphatic carbocycles. The largest absolute Gasteiger partial charge is 0.460 e. The minimum atomic E-state index is -0.416. The predicted molar refractivity (Wildman–Crippen MR) is 93.7 cm³/mol. The minimum absolute atomic E-state index is 0.0498. The van der Waals surface area contributed by atoms with Gasteiger partial charge >= 0.3 is 0 Å². The Hall–Kier alpha value is -1.70. The second-order valence-corrected chi connectivity index (χ2v) is 6.76. The molecule has 0 amide bonds. The van der Waals surface area contributed by atoms with Crippen LogP contribution in [0.4, 0.5) is 5.69 Å². The molecule has 2 heterocycles. The molecule has 1 unspecified atom stereocenters. The first-order chi connectivity index (χ1) is 11.6. The topological polar surface area (TPSA) is 77.5 Å². The molecule has 3 rings (SSSR count). The number of nitro groups is 1. The van der Waals surface area contributed by atoms with Gasteiger partial charge in [-0.25, -0.2) is 0 Å². The van der Waals surface area contributed by atoms with Crippen molar-refractivity contribution in [2.45, 2.75) is 19.4 Å². The molecule has 6 nitrogen and oxygen atoms in total. The van der Waals surface area contributed by atoms with E-state index in [9.17, 15) is 10.1 Å². The Kier molecular flexibility index (Phi) is 5.65. The highest BCUT2D eigenvalue weighted by atomic mass is 79.9. The molecule has 1 saturated heterocycles. The first-order valence-corrected chi connectivity index (χ1v) is 8.74. The lowest BCUT2D eigenvalue weighted by molar-refractivity contribution is -0.384. The molecule has 2 aromatic rings. The van der Waals surface area contributed by atoms with Crippen molar-refractivity contribution < 1.29 is 14.1 Å². The molecule has 0 bridgehead atoms. The zero-order chi connectivity index (χ0) is 16.9. The number of nitro benzene ring substituents is 1. The second-order valence-electron chi connectivity index (χ2n) is 5.90. The molecule has 1 aliphatic rings. The van der Waals surface area contributed by atoms with Crippen LogP contribution in [0.1, 0.15) is 18.6 Å². The summed E-state index contributed by atoms with van der Waals surface area (Å²) in [6, 6.07) is 8.46. The summed E-state index contributed by atoms with van der Waals surface area (Å²) in [6.45, 7) is 3.27. The van der Waals surface area contributed by atoms with Crippen LogP contribution >= 0.6 is 15.9 Å². The van der Waals surface area contributed by atoms with Crippen LogP contribution in [0.2, 0.25) is 0 Å². The average Bonchev–Trinajstić information content (AvgIpc) is 3.04. The third kappa shape index (κ3) is 4.23. The number of hydrogen-bond acceptors (Lipinski definition) is 5. The number of nitrogens with zero attached hydrogens (tertiary/aromatic N) is 1. The van der Waals surface area contributed by atoms with E-state index in [2.05, 4.69) is 21.2 Å². The molecule has 1 atom stereocenters. The summed E-state index contributed by atoms with van der Waals surface area (Å²) >= 11 is 3.37. The summed E-state index contributed by atoms with van der Waals surface area (Å²) in [5, 5.41) is 14.2. The van der Waals surface area contributed by atoms with Crippen LogP contribution < -0.4 is 5.32 Å². The van der Waals surface area contributed by atoms with Crippen molar-refractivity contribution in [3.63, 3.8) is 0 Å². The van der Waals surface area contributed by atoms with Crippen LogP contribution in [-0.4, -0.2) is 24.7 Å². The summed E-state index contributed by atoms with van der Waals surface area (Å²) in [5.74, 6) is 2.10. The van der Waals surface area contributed by atoms with Crippen LogP contribution in [0.15, 0.2) is 39.2 Å². The highest BCUT2D eigenvalue weighted by Crippen LogP contribution is 2.32. The Balaban J connectivity index is 1.59. The lowest BCUT2D eigenvalue weighted by Crippen LogP contribution is -2.28. The van der Waals surface area contributed by atoms with Crippen LogP contribution in [0.25, 0.3) is 11.3 Å². The first kappa shape index (κ1) is 17.1. The number of ether oxygens (including phenoxy) is 1. The molecule has 128 valence electrons. The van der Waals surface area contributed by atoms with E-state index in [1.54, 1.807) is 6.07 Å². The van der Waals surface area contributed by atoms with Gasteiger partial charge in [-0.1, -0.05) is 0 Å². The maximum absolute atomic E-state index is 10.8. The van der Waals surface area contributed by atoms with Gasteiger partial charge in [0, 0.05) is 35.3 Å². The number of non-ortho nitro benzene ring substituents is 1. The maximum atomic E-state index is 10.8. The quantitative estimate of drug-likeness (QED) is 0.588. The average molecular weight is 395 g/mol. The SMILES string of the molecule is O=[N+]([O-])c1ccc(-c2ccc(CNCC3CCCOC3)o2)c(Br)c1. The van der Waals surface area contributed by atoms with Gasteiger partial charge in [0.2, 0.25) is 0 Å². The lowest BCUT2D eigenvalue weighted by atomic mass is 10.0. The summed E-state index contributed by atoms with van der Waals surface area (Å²) < 4.78 is 12.0. The fourth-order valence-corrected chi connectivity index (χ4v) is 3.37. The first-order valence-electron chi connectivity index (χ1n) is 7.95. The van der Waals surface area contributed by atoms with E-state index < -0.39 is 4.92 Å². The van der Waals surface area contributed by atoms with Gasteiger partial charge in [0.25, 0.3) is 5.69 Å². The number of halogens is 1. The van der Waals surface area contributed by atoms with E-state index >= 15 is 0 Å². The maximum Gasteiger partial charge on any atom is 0.270 e. The van der Waals surface area contributed by atoms with Gasteiger partial charge in [-0.15, -0.1) is 0 Å². The Bertz CT molecular complexity index is 710. The number of benzene rings is 1. The predicted octanol–water partition coefficient (Wildman–Crippen LogP) is 4.13. The van der Waals surface area contributed by atoms with E-state index in [0.29, 0.717) is 22.7 Å². The van der Waals surface area contributed by atoms with Crippen LogP contribution in [0.5, 0.6) is 0 Å². The standard InChI is InChI=1S/C17H19BrN2O4/c18-16-8-13(20(21)22)3-5-15(16)17-6-4-14(24-17)10-19-9-12-2-1-7-23-11-12/h3-6,8,12,19H,1-2,7,9-11H2. The van der Waals surface area contributed by atoms with Gasteiger partial charge in [-0.2, -0.15) is 0 Å². The Morgan fingerprint density at radius 1 is 1.33 bits per heavy atom. The van der Waals surface area contributed by atoms with Gasteiger partial charge in [-0.05, 0) is 52.9 Å². The van der Waals surface area contributed by atoms with Crippen molar-refractivity contribution in [2.75, 3.05) is 19.8 Å². The molecular formula is C17H19BrN2O4. The summed E-state index contributed by atoms with van der Waals surface area (Å²) in [7, 11) is 0. The molecule has 0 spiro atoms. The minimum Gasteiger partial charge on any atom is -0.460 e. The third-order valence-corrected chi connectivity index (χ3v) is 4.73. The molecule has 7 heteroatoms. The fraction of sp³-hybridized carbons (Fsp3) is 0.412. The summed E-state index contributed by atoms with van der Waals surface area (Å²) in [6.07, 6.45) is 2.33. The molecule has 0 radical (unpaired) electrons. The highest BCUT2D eigenvalue weighted by molar-refractivity contribution is 9.10. The van der Waals surface area contributed by atoms with Crippen molar-refractivity contribution in [1.82, 2.24) is 5.32 Å². The van der Waals surface area contributed by atoms with Gasteiger partial charge in [0.1, 0.15) is 11.5 Å². The molecule has 1 N–H and O–H groups in total. The Labute approximate surface area is 148 Å². The van der Waals surface area contributed by atoms with Crippen LogP contribution in [-0.2, 0) is 11.3 Å². The van der Waals surface area contributed by atoms with Gasteiger partial charge in [0.15, 0.2) is 0 Å². The van der Waals surface area contributed by atoms with Gasteiger partial charge < -0.3 is 14.5 Å². The number of nitrogens with one attached hydrogen (secondary N) is 1. The van der Waals surface area contributed by atoms with E-state index in [-0.39, 0.29) is 5.69 Å². The fourth-order valence-electron chi connectivity index (χ4n) is 2.80. The zero-order valence-electron chi connectivity index (χ0n) is 13.2. The van der Waals surface area contributed by atoms with Gasteiger partial charge in [0.05, 0.1) is 18.1 Å². The third-order valence-electron chi connectivity index (χ3n) is 4.08. The van der Waals surface area contributed by atoms with Crippen molar-refractivity contribution in [3.05, 3.63) is 50.7 Å². The highest BCUT2D eigenvalue weighted by Gasteiger charge is 2.15. The normalized spacial score (nSPS) is 17.8. The lowest BCUT2D eigenvalue weighted by Gasteiger charge is -2.21. The molecule has 24 heavy (non-hydrogen) atoms. The second kappa shape index (κ2) is 7.92. The van der Waals surface area contributed by atoms with E-state index in [1.807, 2.05) is 12.1 Å². The number of hydrogen-bond donors (Lipinski definition) is 1. The zero-order valence-corrected chi connectivity index (χ0v) is 14.8. The monoisotopic (exact) mass is 394 g/mol. The van der Waals surface area contributed by atoms with Gasteiger partial charge in [-0.3, -0.25) is 10.1 Å². The smallest absolute Gasteiger partial charge is 0.270 e. The molecule has 0 saturated carbocycles. The molecular weight excluding hydrogens is 376 g/mol. The van der Waals surface area contributed by atoms with Crippen LogP contribution in [0.3, 0.4) is 0 Å². The van der Waals surface area contributed by atoms with Crippen molar-refractivity contribution >= 4 is 21.6 Å². The summed E-state index contributed by atoms with van der Waals surface area (Å²) in [4.78, 5) is 10.4. The molecule has 1 fully saturated rings. The number of rotatable bonds is 6. The Morgan fingerprint density at radius 3 is 2.92 bits per heavy atom. The van der Waals surface area contributed by atoms with Crippen molar-refractivity contribution in [3.8, 4) is 11.3 Å². The molecule has 1 aromatic carbocycles. The van der Waals surface area contributed by atoms with Crippen LogP contribution in [0, 0.1) is 16.0 Å². The number of furan rings is 1.